The maximum Gasteiger partial charge on any atom is 0.160 e. The van der Waals surface area contributed by atoms with Crippen LogP contribution in [0.2, 0.25) is 0 Å². The quantitative estimate of drug-likeness (QED) is 0.178. The van der Waals surface area contributed by atoms with Crippen LogP contribution in [-0.4, -0.2) is 16.1 Å². The molecule has 1 heterocycles. The van der Waals surface area contributed by atoms with Crippen LogP contribution in [0.4, 0.5) is 0 Å². The second-order valence-electron chi connectivity index (χ2n) is 10.1. The van der Waals surface area contributed by atoms with Crippen molar-refractivity contribution in [2.24, 2.45) is 0 Å². The van der Waals surface area contributed by atoms with Gasteiger partial charge in [0.05, 0.1) is 18.5 Å². The van der Waals surface area contributed by atoms with Crippen LogP contribution in [-0.2, 0) is 6.42 Å². The third kappa shape index (κ3) is 9.08. The van der Waals surface area contributed by atoms with E-state index in [1.54, 1.807) is 0 Å². The smallest absolute Gasteiger partial charge is 0.160 e. The molecule has 3 heteroatoms. The Balaban J connectivity index is 1.63. The lowest BCUT2D eigenvalue weighted by Gasteiger charge is -2.16. The number of aryl methyl sites for hydroxylation is 1. The SMILES string of the molecule is CCCCCCCCCC[C@@H](C)Oc1cnc(-c2c(CCCCC)cccc2-c2ccccc2)nc1. The largest absolute Gasteiger partial charge is 0.487 e. The molecule has 194 valence electrons. The van der Waals surface area contributed by atoms with Gasteiger partial charge in [0.2, 0.25) is 0 Å². The third-order valence-electron chi connectivity index (χ3n) is 6.94. The molecule has 0 aliphatic rings. The normalized spacial score (nSPS) is 12.0. The van der Waals surface area contributed by atoms with Gasteiger partial charge in [-0.15, -0.1) is 0 Å². The van der Waals surface area contributed by atoms with Crippen molar-refractivity contribution in [1.82, 2.24) is 9.97 Å². The summed E-state index contributed by atoms with van der Waals surface area (Å²) in [6.45, 7) is 6.68. The first kappa shape index (κ1) is 27.9. The molecule has 0 saturated heterocycles. The van der Waals surface area contributed by atoms with Crippen LogP contribution in [0.1, 0.15) is 103 Å². The van der Waals surface area contributed by atoms with Gasteiger partial charge < -0.3 is 4.74 Å². The van der Waals surface area contributed by atoms with Crippen molar-refractivity contribution in [3.05, 3.63) is 66.5 Å². The zero-order valence-electron chi connectivity index (χ0n) is 22.8. The van der Waals surface area contributed by atoms with Crippen molar-refractivity contribution >= 4 is 0 Å². The predicted octanol–water partition coefficient (Wildman–Crippen LogP) is 9.84. The van der Waals surface area contributed by atoms with Crippen LogP contribution in [0.15, 0.2) is 60.9 Å². The minimum absolute atomic E-state index is 0.181. The first-order chi connectivity index (χ1) is 17.7. The summed E-state index contributed by atoms with van der Waals surface area (Å²) in [5.74, 6) is 1.54. The Hall–Kier alpha value is -2.68. The van der Waals surface area contributed by atoms with E-state index in [0.29, 0.717) is 0 Å². The Bertz CT molecular complexity index is 984. The van der Waals surface area contributed by atoms with Gasteiger partial charge in [0.1, 0.15) is 0 Å². The van der Waals surface area contributed by atoms with Gasteiger partial charge in [-0.3, -0.25) is 0 Å². The minimum atomic E-state index is 0.181. The first-order valence-corrected chi connectivity index (χ1v) is 14.4. The van der Waals surface area contributed by atoms with Crippen LogP contribution in [0.5, 0.6) is 5.75 Å². The Morgan fingerprint density at radius 2 is 1.33 bits per heavy atom. The molecule has 0 N–H and O–H groups in total. The Morgan fingerprint density at radius 3 is 2.03 bits per heavy atom. The average molecular weight is 487 g/mol. The second kappa shape index (κ2) is 16.1. The summed E-state index contributed by atoms with van der Waals surface area (Å²) < 4.78 is 6.16. The highest BCUT2D eigenvalue weighted by molar-refractivity contribution is 5.82. The van der Waals surface area contributed by atoms with Gasteiger partial charge in [0.25, 0.3) is 0 Å². The number of ether oxygens (including phenoxy) is 1. The van der Waals surface area contributed by atoms with E-state index < -0.39 is 0 Å². The monoisotopic (exact) mass is 486 g/mol. The lowest BCUT2D eigenvalue weighted by Crippen LogP contribution is -2.12. The fourth-order valence-corrected chi connectivity index (χ4v) is 4.86. The van der Waals surface area contributed by atoms with Gasteiger partial charge in [0, 0.05) is 5.56 Å². The summed E-state index contributed by atoms with van der Waals surface area (Å²) in [5.41, 5.74) is 4.87. The number of rotatable bonds is 17. The number of hydrogen-bond donors (Lipinski definition) is 0. The highest BCUT2D eigenvalue weighted by atomic mass is 16.5. The second-order valence-corrected chi connectivity index (χ2v) is 10.1. The molecule has 0 saturated carbocycles. The maximum absolute atomic E-state index is 6.16. The van der Waals surface area contributed by atoms with E-state index >= 15 is 0 Å². The number of hydrogen-bond acceptors (Lipinski definition) is 3. The van der Waals surface area contributed by atoms with Gasteiger partial charge in [-0.2, -0.15) is 0 Å². The number of nitrogens with zero attached hydrogens (tertiary/aromatic N) is 2. The molecule has 3 rings (SSSR count). The van der Waals surface area contributed by atoms with E-state index in [4.69, 9.17) is 14.7 Å². The van der Waals surface area contributed by atoms with Gasteiger partial charge >= 0.3 is 0 Å². The molecule has 0 aliphatic heterocycles. The molecule has 3 nitrogen and oxygen atoms in total. The van der Waals surface area contributed by atoms with Crippen LogP contribution in [0, 0.1) is 0 Å². The van der Waals surface area contributed by atoms with Crippen molar-refractivity contribution in [3.63, 3.8) is 0 Å². The van der Waals surface area contributed by atoms with E-state index in [2.05, 4.69) is 69.3 Å². The number of aromatic nitrogens is 2. The molecule has 0 aliphatic carbocycles. The lowest BCUT2D eigenvalue weighted by atomic mass is 9.92. The molecular weight excluding hydrogens is 440 g/mol. The third-order valence-corrected chi connectivity index (χ3v) is 6.94. The molecule has 2 aromatic carbocycles. The van der Waals surface area contributed by atoms with Crippen LogP contribution >= 0.6 is 0 Å². The standard InChI is InChI=1S/C33H46N2O/c1-4-6-8-9-10-11-12-15-19-27(3)36-30-25-34-33(35-26-30)32-29(22-14-7-5-2)23-18-24-31(32)28-20-16-13-17-21-28/h13,16-18,20-21,23-27H,4-12,14-15,19,22H2,1-3H3/t27-/m1/s1. The summed E-state index contributed by atoms with van der Waals surface area (Å²) in [4.78, 5) is 9.57. The van der Waals surface area contributed by atoms with Crippen molar-refractivity contribution in [2.75, 3.05) is 0 Å². The molecular formula is C33H46N2O. The molecule has 0 bridgehead atoms. The summed E-state index contributed by atoms with van der Waals surface area (Å²) in [6, 6.07) is 17.2. The molecule has 36 heavy (non-hydrogen) atoms. The van der Waals surface area contributed by atoms with Gasteiger partial charge in [-0.25, -0.2) is 9.97 Å². The van der Waals surface area contributed by atoms with Gasteiger partial charge in [-0.1, -0.05) is 120 Å². The Kier molecular flexibility index (Phi) is 12.5. The van der Waals surface area contributed by atoms with Crippen LogP contribution in [0.3, 0.4) is 0 Å². The van der Waals surface area contributed by atoms with E-state index in [1.165, 1.54) is 87.3 Å². The zero-order chi connectivity index (χ0) is 25.4. The molecule has 1 aromatic heterocycles. The van der Waals surface area contributed by atoms with Crippen LogP contribution in [0.25, 0.3) is 22.5 Å². The topological polar surface area (TPSA) is 35.0 Å². The molecule has 0 unspecified atom stereocenters. The molecule has 0 spiro atoms. The number of unbranched alkanes of at least 4 members (excludes halogenated alkanes) is 9. The minimum Gasteiger partial charge on any atom is -0.487 e. The van der Waals surface area contributed by atoms with E-state index in [1.807, 2.05) is 12.4 Å². The Labute approximate surface area is 219 Å². The summed E-state index contributed by atoms with van der Waals surface area (Å²) in [7, 11) is 0. The molecule has 0 radical (unpaired) electrons. The van der Waals surface area contributed by atoms with Crippen molar-refractivity contribution in [1.29, 1.82) is 0 Å². The fourth-order valence-electron chi connectivity index (χ4n) is 4.86. The molecule has 0 amide bonds. The first-order valence-electron chi connectivity index (χ1n) is 14.4. The van der Waals surface area contributed by atoms with Crippen molar-refractivity contribution in [3.8, 4) is 28.3 Å². The van der Waals surface area contributed by atoms with Crippen LogP contribution < -0.4 is 4.74 Å². The van der Waals surface area contributed by atoms with E-state index in [9.17, 15) is 0 Å². The lowest BCUT2D eigenvalue weighted by molar-refractivity contribution is 0.204. The zero-order valence-corrected chi connectivity index (χ0v) is 22.8. The maximum atomic E-state index is 6.16. The van der Waals surface area contributed by atoms with Crippen molar-refractivity contribution < 1.29 is 4.74 Å². The summed E-state index contributed by atoms with van der Waals surface area (Å²) >= 11 is 0. The van der Waals surface area contributed by atoms with Gasteiger partial charge in [-0.05, 0) is 49.3 Å². The van der Waals surface area contributed by atoms with E-state index in [-0.39, 0.29) is 6.10 Å². The summed E-state index contributed by atoms with van der Waals surface area (Å²) in [6.07, 6.45) is 20.3. The van der Waals surface area contributed by atoms with Crippen molar-refractivity contribution in [2.45, 2.75) is 110 Å². The molecule has 0 fully saturated rings. The summed E-state index contributed by atoms with van der Waals surface area (Å²) in [5, 5.41) is 0. The predicted molar refractivity (Wildman–Crippen MR) is 153 cm³/mol. The highest BCUT2D eigenvalue weighted by Crippen LogP contribution is 2.34. The fraction of sp³-hybridized carbons (Fsp3) is 0.515. The molecule has 1 atom stereocenters. The van der Waals surface area contributed by atoms with E-state index in [0.717, 1.165) is 30.0 Å². The Morgan fingerprint density at radius 1 is 0.694 bits per heavy atom. The number of benzene rings is 2. The highest BCUT2D eigenvalue weighted by Gasteiger charge is 2.15. The van der Waals surface area contributed by atoms with Gasteiger partial charge in [0.15, 0.2) is 11.6 Å². The average Bonchev–Trinajstić information content (AvgIpc) is 2.91. The molecule has 3 aromatic rings.